The molecular formula is C13H21N5O. The number of hydrogen-bond donors (Lipinski definition) is 3. The molecule has 104 valence electrons. The number of amides is 2. The molecule has 2 saturated heterocycles. The maximum absolute atomic E-state index is 12.0. The van der Waals surface area contributed by atoms with Crippen molar-refractivity contribution in [3.05, 3.63) is 24.0 Å². The van der Waals surface area contributed by atoms with Crippen molar-refractivity contribution in [3.8, 4) is 0 Å². The molecule has 2 fully saturated rings. The topological polar surface area (TPSA) is 63.4 Å². The Balaban J connectivity index is 1.61. The van der Waals surface area contributed by atoms with E-state index in [0.29, 0.717) is 6.04 Å². The predicted molar refractivity (Wildman–Crippen MR) is 72.9 cm³/mol. The molecular weight excluding hydrogens is 242 g/mol. The number of likely N-dealkylation sites (N-methyl/N-ethyl adjacent to an activating group) is 1. The molecule has 6 heteroatoms. The maximum atomic E-state index is 12.0. The molecule has 2 amide bonds. The van der Waals surface area contributed by atoms with Crippen molar-refractivity contribution in [2.24, 2.45) is 0 Å². The average molecular weight is 263 g/mol. The number of aromatic nitrogens is 1. The molecule has 3 N–H and O–H groups in total. The molecule has 3 heterocycles. The molecule has 19 heavy (non-hydrogen) atoms. The van der Waals surface area contributed by atoms with Crippen LogP contribution >= 0.6 is 0 Å². The number of nitrogens with zero attached hydrogens (tertiary/aromatic N) is 2. The van der Waals surface area contributed by atoms with E-state index in [1.165, 1.54) is 0 Å². The normalized spacial score (nSPS) is 28.7. The van der Waals surface area contributed by atoms with Crippen LogP contribution in [0.5, 0.6) is 0 Å². The van der Waals surface area contributed by atoms with Crippen LogP contribution in [0, 0.1) is 0 Å². The van der Waals surface area contributed by atoms with E-state index in [1.54, 1.807) is 0 Å². The molecule has 0 spiro atoms. The summed E-state index contributed by atoms with van der Waals surface area (Å²) in [6, 6.07) is 4.51. The first-order chi connectivity index (χ1) is 9.24. The summed E-state index contributed by atoms with van der Waals surface area (Å²) in [6.45, 7) is 4.55. The third kappa shape index (κ3) is 2.59. The highest BCUT2D eigenvalue weighted by atomic mass is 16.2. The summed E-state index contributed by atoms with van der Waals surface area (Å²) in [7, 11) is 2.13. The summed E-state index contributed by atoms with van der Waals surface area (Å²) in [4.78, 5) is 19.4. The number of nitrogens with one attached hydrogen (secondary N) is 3. The molecule has 2 aliphatic heterocycles. The van der Waals surface area contributed by atoms with Gasteiger partial charge in [-0.2, -0.15) is 0 Å². The van der Waals surface area contributed by atoms with E-state index in [9.17, 15) is 4.79 Å². The van der Waals surface area contributed by atoms with Crippen molar-refractivity contribution in [1.29, 1.82) is 0 Å². The second-order valence-corrected chi connectivity index (χ2v) is 5.37. The van der Waals surface area contributed by atoms with E-state index >= 15 is 0 Å². The zero-order chi connectivity index (χ0) is 13.2. The fourth-order valence-corrected chi connectivity index (χ4v) is 2.80. The van der Waals surface area contributed by atoms with Crippen LogP contribution in [0.15, 0.2) is 18.3 Å². The Bertz CT molecular complexity index is 432. The van der Waals surface area contributed by atoms with Crippen LogP contribution in [0.2, 0.25) is 0 Å². The number of rotatable bonds is 3. The van der Waals surface area contributed by atoms with Crippen LogP contribution < -0.4 is 10.6 Å². The van der Waals surface area contributed by atoms with Crippen LogP contribution in [-0.2, 0) is 0 Å². The molecule has 0 saturated carbocycles. The van der Waals surface area contributed by atoms with E-state index in [-0.39, 0.29) is 12.1 Å². The number of carbonyl (C=O) groups excluding carboxylic acids is 1. The van der Waals surface area contributed by atoms with Crippen LogP contribution in [0.25, 0.3) is 0 Å². The van der Waals surface area contributed by atoms with Gasteiger partial charge in [-0.3, -0.25) is 4.90 Å². The monoisotopic (exact) mass is 263 g/mol. The minimum absolute atomic E-state index is 0.0403. The molecule has 0 aromatic carbocycles. The van der Waals surface area contributed by atoms with Crippen LogP contribution in [0.1, 0.15) is 11.7 Å². The Kier molecular flexibility index (Phi) is 3.44. The first kappa shape index (κ1) is 12.5. The van der Waals surface area contributed by atoms with Gasteiger partial charge in [-0.05, 0) is 19.2 Å². The SMILES string of the molecule is CN1CCNCC1CN1CC(c2ccc[nH]2)NC1=O. The Morgan fingerprint density at radius 2 is 2.37 bits per heavy atom. The van der Waals surface area contributed by atoms with Gasteiger partial charge in [0, 0.05) is 50.7 Å². The molecule has 0 radical (unpaired) electrons. The first-order valence-electron chi connectivity index (χ1n) is 6.84. The number of carbonyl (C=O) groups is 1. The molecule has 0 aliphatic carbocycles. The van der Waals surface area contributed by atoms with Gasteiger partial charge in [-0.1, -0.05) is 0 Å². The summed E-state index contributed by atoms with van der Waals surface area (Å²) in [6.07, 6.45) is 1.89. The molecule has 1 aromatic rings. The first-order valence-corrected chi connectivity index (χ1v) is 6.84. The van der Waals surface area contributed by atoms with Crippen molar-refractivity contribution in [2.45, 2.75) is 12.1 Å². The Morgan fingerprint density at radius 1 is 1.47 bits per heavy atom. The van der Waals surface area contributed by atoms with Crippen molar-refractivity contribution < 1.29 is 4.79 Å². The second-order valence-electron chi connectivity index (χ2n) is 5.37. The van der Waals surface area contributed by atoms with Gasteiger partial charge in [0.05, 0.1) is 6.04 Å². The summed E-state index contributed by atoms with van der Waals surface area (Å²) >= 11 is 0. The Labute approximate surface area is 113 Å². The zero-order valence-electron chi connectivity index (χ0n) is 11.2. The number of H-pyrrole nitrogens is 1. The van der Waals surface area contributed by atoms with E-state index in [1.807, 2.05) is 23.2 Å². The number of hydrogen-bond acceptors (Lipinski definition) is 3. The van der Waals surface area contributed by atoms with Crippen molar-refractivity contribution in [3.63, 3.8) is 0 Å². The quantitative estimate of drug-likeness (QED) is 0.718. The molecule has 2 aliphatic rings. The Hall–Kier alpha value is -1.53. The third-order valence-electron chi connectivity index (χ3n) is 4.06. The molecule has 2 unspecified atom stereocenters. The lowest BCUT2D eigenvalue weighted by molar-refractivity contribution is 0.154. The predicted octanol–water partition coefficient (Wildman–Crippen LogP) is -0.0154. The van der Waals surface area contributed by atoms with Crippen LogP contribution in [-0.4, -0.2) is 66.6 Å². The summed E-state index contributed by atoms with van der Waals surface area (Å²) in [5.74, 6) is 0. The van der Waals surface area contributed by atoms with Gasteiger partial charge >= 0.3 is 6.03 Å². The van der Waals surface area contributed by atoms with E-state index in [4.69, 9.17) is 0 Å². The van der Waals surface area contributed by atoms with E-state index < -0.39 is 0 Å². The fraction of sp³-hybridized carbons (Fsp3) is 0.615. The smallest absolute Gasteiger partial charge is 0.318 e. The van der Waals surface area contributed by atoms with Gasteiger partial charge in [0.1, 0.15) is 0 Å². The van der Waals surface area contributed by atoms with Crippen molar-refractivity contribution >= 4 is 6.03 Å². The average Bonchev–Trinajstić information content (AvgIpc) is 3.02. The molecule has 3 rings (SSSR count). The van der Waals surface area contributed by atoms with E-state index in [2.05, 4.69) is 27.6 Å². The maximum Gasteiger partial charge on any atom is 0.318 e. The van der Waals surface area contributed by atoms with Gasteiger partial charge < -0.3 is 20.5 Å². The molecule has 2 atom stereocenters. The summed E-state index contributed by atoms with van der Waals surface area (Å²) < 4.78 is 0. The van der Waals surface area contributed by atoms with Gasteiger partial charge in [0.15, 0.2) is 0 Å². The lowest BCUT2D eigenvalue weighted by atomic mass is 10.2. The molecule has 6 nitrogen and oxygen atoms in total. The van der Waals surface area contributed by atoms with E-state index in [0.717, 1.165) is 38.4 Å². The van der Waals surface area contributed by atoms with Crippen molar-refractivity contribution in [2.75, 3.05) is 39.8 Å². The number of urea groups is 1. The Morgan fingerprint density at radius 3 is 3.11 bits per heavy atom. The largest absolute Gasteiger partial charge is 0.363 e. The highest BCUT2D eigenvalue weighted by Crippen LogP contribution is 2.19. The fourth-order valence-electron chi connectivity index (χ4n) is 2.80. The number of piperazine rings is 1. The lowest BCUT2D eigenvalue weighted by Crippen LogP contribution is -2.54. The molecule has 1 aromatic heterocycles. The summed E-state index contributed by atoms with van der Waals surface area (Å²) in [5.41, 5.74) is 1.07. The van der Waals surface area contributed by atoms with Gasteiger partial charge in [-0.25, -0.2) is 4.79 Å². The van der Waals surface area contributed by atoms with Gasteiger partial charge in [0.2, 0.25) is 0 Å². The third-order valence-corrected chi connectivity index (χ3v) is 4.06. The highest BCUT2D eigenvalue weighted by Gasteiger charge is 2.32. The van der Waals surface area contributed by atoms with Gasteiger partial charge in [0.25, 0.3) is 0 Å². The van der Waals surface area contributed by atoms with Crippen LogP contribution in [0.4, 0.5) is 4.79 Å². The van der Waals surface area contributed by atoms with Crippen LogP contribution in [0.3, 0.4) is 0 Å². The minimum Gasteiger partial charge on any atom is -0.363 e. The highest BCUT2D eigenvalue weighted by molar-refractivity contribution is 5.77. The second kappa shape index (κ2) is 5.22. The summed E-state index contributed by atoms with van der Waals surface area (Å²) in [5, 5.41) is 6.41. The lowest BCUT2D eigenvalue weighted by Gasteiger charge is -2.35. The minimum atomic E-state index is 0.0403. The number of aromatic amines is 1. The standard InChI is InChI=1S/C13H21N5O/c1-17-6-5-14-7-10(17)8-18-9-12(16-13(18)19)11-3-2-4-15-11/h2-4,10,12,14-15H,5-9H2,1H3,(H,16,19). The zero-order valence-corrected chi connectivity index (χ0v) is 11.2. The van der Waals surface area contributed by atoms with Crippen molar-refractivity contribution in [1.82, 2.24) is 25.4 Å². The van der Waals surface area contributed by atoms with Gasteiger partial charge in [-0.15, -0.1) is 0 Å². The molecule has 0 bridgehead atoms.